The first-order valence-electron chi connectivity index (χ1n) is 9.77. The van der Waals surface area contributed by atoms with Crippen LogP contribution in [0.5, 0.6) is 0 Å². The predicted molar refractivity (Wildman–Crippen MR) is 118 cm³/mol. The number of aryl methyl sites for hydroxylation is 1. The molecule has 27 heavy (non-hydrogen) atoms. The SMILES string of the molecule is Cc1cc(C(C)C)c(N=Cc2cccc(C=NC(C)(C)C)n2)c(C(C)C)c1. The highest BCUT2D eigenvalue weighted by molar-refractivity contribution is 5.84. The summed E-state index contributed by atoms with van der Waals surface area (Å²) in [5, 5.41) is 0. The Morgan fingerprint density at radius 3 is 1.89 bits per heavy atom. The number of rotatable bonds is 5. The third-order valence-electron chi connectivity index (χ3n) is 4.26. The van der Waals surface area contributed by atoms with Crippen molar-refractivity contribution >= 4 is 18.1 Å². The fourth-order valence-corrected chi connectivity index (χ4v) is 2.87. The second kappa shape index (κ2) is 8.60. The van der Waals surface area contributed by atoms with Gasteiger partial charge in [0.2, 0.25) is 0 Å². The summed E-state index contributed by atoms with van der Waals surface area (Å²) >= 11 is 0. The van der Waals surface area contributed by atoms with E-state index in [9.17, 15) is 0 Å². The highest BCUT2D eigenvalue weighted by Crippen LogP contribution is 2.35. The number of benzene rings is 1. The molecule has 3 nitrogen and oxygen atoms in total. The second-order valence-electron chi connectivity index (χ2n) is 8.78. The van der Waals surface area contributed by atoms with Crippen LogP contribution in [-0.2, 0) is 0 Å². The Morgan fingerprint density at radius 2 is 1.41 bits per heavy atom. The van der Waals surface area contributed by atoms with Crippen LogP contribution in [0.4, 0.5) is 5.69 Å². The average molecular weight is 364 g/mol. The first-order valence-corrected chi connectivity index (χ1v) is 9.77. The van der Waals surface area contributed by atoms with Gasteiger partial charge in [0.15, 0.2) is 0 Å². The molecule has 0 aliphatic heterocycles. The predicted octanol–water partition coefficient (Wildman–Crippen LogP) is 6.60. The topological polar surface area (TPSA) is 37.6 Å². The number of aromatic nitrogens is 1. The maximum Gasteiger partial charge on any atom is 0.0820 e. The maximum atomic E-state index is 4.88. The molecule has 0 N–H and O–H groups in total. The summed E-state index contributed by atoms with van der Waals surface area (Å²) < 4.78 is 0. The molecule has 1 aromatic heterocycles. The molecular formula is C24H33N3. The molecule has 0 bridgehead atoms. The zero-order chi connectivity index (χ0) is 20.2. The third kappa shape index (κ3) is 6.13. The zero-order valence-electron chi connectivity index (χ0n) is 18.0. The summed E-state index contributed by atoms with van der Waals surface area (Å²) in [5.41, 5.74) is 6.55. The normalized spacial score (nSPS) is 12.8. The van der Waals surface area contributed by atoms with Gasteiger partial charge in [-0.2, -0.15) is 0 Å². The third-order valence-corrected chi connectivity index (χ3v) is 4.26. The number of pyridine rings is 1. The lowest BCUT2D eigenvalue weighted by Gasteiger charge is -2.17. The number of hydrogen-bond acceptors (Lipinski definition) is 3. The molecule has 0 radical (unpaired) electrons. The van der Waals surface area contributed by atoms with Crippen molar-refractivity contribution in [2.45, 2.75) is 72.8 Å². The van der Waals surface area contributed by atoms with E-state index >= 15 is 0 Å². The van der Waals surface area contributed by atoms with Gasteiger partial charge >= 0.3 is 0 Å². The maximum absolute atomic E-state index is 4.88. The van der Waals surface area contributed by atoms with Gasteiger partial charge in [-0.1, -0.05) is 51.5 Å². The minimum absolute atomic E-state index is 0.105. The molecule has 2 aromatic rings. The summed E-state index contributed by atoms with van der Waals surface area (Å²) in [4.78, 5) is 14.1. The molecule has 1 heterocycles. The molecule has 0 aliphatic rings. The number of hydrogen-bond donors (Lipinski definition) is 0. The van der Waals surface area contributed by atoms with E-state index in [0.29, 0.717) is 11.8 Å². The van der Waals surface area contributed by atoms with E-state index in [-0.39, 0.29) is 5.54 Å². The highest BCUT2D eigenvalue weighted by Gasteiger charge is 2.14. The fraction of sp³-hybridized carbons (Fsp3) is 0.458. The molecule has 0 spiro atoms. The van der Waals surface area contributed by atoms with Gasteiger partial charge in [0, 0.05) is 6.21 Å². The zero-order valence-corrected chi connectivity index (χ0v) is 18.0. The van der Waals surface area contributed by atoms with E-state index in [0.717, 1.165) is 17.1 Å². The Labute approximate surface area is 164 Å². The van der Waals surface area contributed by atoms with E-state index in [2.05, 4.69) is 77.5 Å². The summed E-state index contributed by atoms with van der Waals surface area (Å²) in [6.07, 6.45) is 3.71. The molecule has 144 valence electrons. The van der Waals surface area contributed by atoms with Crippen molar-refractivity contribution < 1.29 is 0 Å². The first kappa shape index (κ1) is 21.0. The van der Waals surface area contributed by atoms with E-state index < -0.39 is 0 Å². The first-order chi connectivity index (χ1) is 12.6. The van der Waals surface area contributed by atoms with Crippen LogP contribution in [0.3, 0.4) is 0 Å². The van der Waals surface area contributed by atoms with Crippen LogP contribution in [0, 0.1) is 6.92 Å². The van der Waals surface area contributed by atoms with E-state index in [1.165, 1.54) is 16.7 Å². The smallest absolute Gasteiger partial charge is 0.0820 e. The molecule has 0 saturated carbocycles. The van der Waals surface area contributed by atoms with Crippen LogP contribution >= 0.6 is 0 Å². The lowest BCUT2D eigenvalue weighted by atomic mass is 9.91. The van der Waals surface area contributed by atoms with Crippen molar-refractivity contribution in [2.75, 3.05) is 0 Å². The molecule has 0 aliphatic carbocycles. The van der Waals surface area contributed by atoms with Crippen molar-refractivity contribution in [3.8, 4) is 0 Å². The van der Waals surface area contributed by atoms with Gasteiger partial charge in [-0.25, -0.2) is 4.98 Å². The lowest BCUT2D eigenvalue weighted by Crippen LogP contribution is -2.10. The van der Waals surface area contributed by atoms with Crippen LogP contribution in [-0.4, -0.2) is 23.0 Å². The molecule has 0 amide bonds. The van der Waals surface area contributed by atoms with E-state index in [4.69, 9.17) is 4.99 Å². The molecule has 0 atom stereocenters. The van der Waals surface area contributed by atoms with Crippen LogP contribution in [0.25, 0.3) is 0 Å². The average Bonchev–Trinajstić information content (AvgIpc) is 2.57. The Balaban J connectivity index is 2.42. The Bertz CT molecular complexity index is 808. The van der Waals surface area contributed by atoms with Crippen LogP contribution in [0.15, 0.2) is 40.3 Å². The molecule has 3 heteroatoms. The van der Waals surface area contributed by atoms with Gasteiger partial charge in [0.25, 0.3) is 0 Å². The molecule has 0 fully saturated rings. The highest BCUT2D eigenvalue weighted by atomic mass is 14.8. The van der Waals surface area contributed by atoms with Gasteiger partial charge in [-0.3, -0.25) is 9.98 Å². The summed E-state index contributed by atoms with van der Waals surface area (Å²) in [6, 6.07) is 10.5. The monoisotopic (exact) mass is 363 g/mol. The Morgan fingerprint density at radius 1 is 0.889 bits per heavy atom. The van der Waals surface area contributed by atoms with Crippen molar-refractivity contribution in [3.05, 3.63) is 58.4 Å². The summed E-state index contributed by atoms with van der Waals surface area (Å²) in [6.45, 7) is 17.3. The van der Waals surface area contributed by atoms with Gasteiger partial charge < -0.3 is 0 Å². The number of nitrogens with zero attached hydrogens (tertiary/aromatic N) is 3. The van der Waals surface area contributed by atoms with Crippen molar-refractivity contribution in [3.63, 3.8) is 0 Å². The minimum atomic E-state index is -0.105. The van der Waals surface area contributed by atoms with Crippen molar-refractivity contribution in [1.29, 1.82) is 0 Å². The molecule has 0 saturated heterocycles. The van der Waals surface area contributed by atoms with E-state index in [1.54, 1.807) is 0 Å². The summed E-state index contributed by atoms with van der Waals surface area (Å²) in [5.74, 6) is 0.848. The van der Waals surface area contributed by atoms with E-state index in [1.807, 2.05) is 30.6 Å². The second-order valence-corrected chi connectivity index (χ2v) is 8.78. The Kier molecular flexibility index (Phi) is 6.69. The molecule has 1 aromatic carbocycles. The quantitative estimate of drug-likeness (QED) is 0.551. The standard InChI is InChI=1S/C24H33N3/c1-16(2)21-12-18(5)13-22(17(3)4)23(21)25-14-19-10-9-11-20(27-19)15-26-24(6,7)8/h9-17H,1-8H3. The Hall–Kier alpha value is -2.29. The molecule has 2 rings (SSSR count). The van der Waals surface area contributed by atoms with Gasteiger partial charge in [-0.05, 0) is 62.8 Å². The fourth-order valence-electron chi connectivity index (χ4n) is 2.87. The lowest BCUT2D eigenvalue weighted by molar-refractivity contribution is 0.586. The van der Waals surface area contributed by atoms with Gasteiger partial charge in [0.05, 0.1) is 28.8 Å². The number of aliphatic imine (C=N–C) groups is 2. The van der Waals surface area contributed by atoms with Crippen molar-refractivity contribution in [1.82, 2.24) is 4.98 Å². The van der Waals surface area contributed by atoms with Crippen molar-refractivity contribution in [2.24, 2.45) is 9.98 Å². The largest absolute Gasteiger partial charge is 0.285 e. The molecule has 0 unspecified atom stereocenters. The van der Waals surface area contributed by atoms with Crippen LogP contribution < -0.4 is 0 Å². The van der Waals surface area contributed by atoms with Gasteiger partial charge in [-0.15, -0.1) is 0 Å². The van der Waals surface area contributed by atoms with Crippen LogP contribution in [0.1, 0.15) is 88.4 Å². The minimum Gasteiger partial charge on any atom is -0.285 e. The van der Waals surface area contributed by atoms with Gasteiger partial charge in [0.1, 0.15) is 0 Å². The summed E-state index contributed by atoms with van der Waals surface area (Å²) in [7, 11) is 0. The van der Waals surface area contributed by atoms with Crippen LogP contribution in [0.2, 0.25) is 0 Å². The molecular weight excluding hydrogens is 330 g/mol.